The van der Waals surface area contributed by atoms with Crippen LogP contribution in [0.1, 0.15) is 23.0 Å². The Morgan fingerprint density at radius 2 is 2.04 bits per heavy atom. The number of aromatic nitrogens is 3. The van der Waals surface area contributed by atoms with E-state index in [2.05, 4.69) is 4.98 Å². The highest BCUT2D eigenvalue weighted by atomic mass is 32.2. The Balaban J connectivity index is 2.00. The topological polar surface area (TPSA) is 103 Å². The third-order valence-corrected chi connectivity index (χ3v) is 5.47. The second-order valence-electron chi connectivity index (χ2n) is 6.29. The minimum absolute atomic E-state index is 0.00538. The third kappa shape index (κ3) is 3.23. The lowest BCUT2D eigenvalue weighted by Crippen LogP contribution is -2.36. The summed E-state index contributed by atoms with van der Waals surface area (Å²) in [5.41, 5.74) is 2.36. The number of primary sulfonamides is 1. The molecule has 1 aliphatic heterocycles. The molecule has 9 heteroatoms. The molecule has 0 saturated heterocycles. The zero-order valence-electron chi connectivity index (χ0n) is 14.8. The number of pyridine rings is 1. The van der Waals surface area contributed by atoms with Gasteiger partial charge in [0, 0.05) is 50.4 Å². The van der Waals surface area contributed by atoms with Gasteiger partial charge < -0.3 is 4.90 Å². The van der Waals surface area contributed by atoms with Crippen molar-refractivity contribution in [3.8, 4) is 0 Å². The largest absolute Gasteiger partial charge is 0.354 e. The predicted octanol–water partition coefficient (Wildman–Crippen LogP) is 0.611. The maximum Gasteiger partial charge on any atom is 0.272 e. The Bertz CT molecular complexity index is 1050. The van der Waals surface area contributed by atoms with E-state index >= 15 is 0 Å². The summed E-state index contributed by atoms with van der Waals surface area (Å²) in [5.74, 6) is 0. The molecule has 0 amide bonds. The van der Waals surface area contributed by atoms with Crippen LogP contribution in [0.25, 0.3) is 0 Å². The number of rotatable bonds is 4. The van der Waals surface area contributed by atoms with E-state index in [-0.39, 0.29) is 10.5 Å². The normalized spacial score (nSPS) is 17.5. The van der Waals surface area contributed by atoms with Gasteiger partial charge in [-0.15, -0.1) is 0 Å². The van der Waals surface area contributed by atoms with Gasteiger partial charge in [-0.3, -0.25) is 14.5 Å². The molecular formula is C17H21N5O3S. The van der Waals surface area contributed by atoms with Crippen molar-refractivity contribution in [1.29, 1.82) is 0 Å². The van der Waals surface area contributed by atoms with Gasteiger partial charge >= 0.3 is 0 Å². The van der Waals surface area contributed by atoms with Gasteiger partial charge in [0.05, 0.1) is 4.91 Å². The van der Waals surface area contributed by atoms with Crippen molar-refractivity contribution >= 4 is 10.0 Å². The zero-order valence-corrected chi connectivity index (χ0v) is 15.6. The van der Waals surface area contributed by atoms with E-state index in [1.54, 1.807) is 39.8 Å². The fourth-order valence-corrected chi connectivity index (χ4v) is 3.63. The summed E-state index contributed by atoms with van der Waals surface area (Å²) in [6.07, 6.45) is 7.97. The first-order valence-corrected chi connectivity index (χ1v) is 9.55. The van der Waals surface area contributed by atoms with Crippen LogP contribution in [0.3, 0.4) is 0 Å². The van der Waals surface area contributed by atoms with Crippen LogP contribution in [-0.4, -0.2) is 34.7 Å². The number of nitrogens with two attached hydrogens (primary N) is 1. The Kier molecular flexibility index (Phi) is 4.59. The molecule has 1 atom stereocenters. The third-order valence-electron chi connectivity index (χ3n) is 4.58. The molecule has 0 bridgehead atoms. The Morgan fingerprint density at radius 1 is 1.31 bits per heavy atom. The van der Waals surface area contributed by atoms with Crippen molar-refractivity contribution in [2.24, 2.45) is 12.2 Å². The van der Waals surface area contributed by atoms with Gasteiger partial charge in [-0.1, -0.05) is 6.07 Å². The molecule has 0 radical (unpaired) electrons. The number of sulfonamides is 1. The van der Waals surface area contributed by atoms with Crippen LogP contribution in [0.15, 0.2) is 52.6 Å². The molecule has 3 heterocycles. The van der Waals surface area contributed by atoms with E-state index in [0.717, 1.165) is 11.3 Å². The van der Waals surface area contributed by atoms with E-state index in [1.165, 1.54) is 12.3 Å². The van der Waals surface area contributed by atoms with Crippen molar-refractivity contribution in [2.75, 3.05) is 7.05 Å². The molecule has 2 N–H and O–H groups in total. The fraction of sp³-hybridized carbons (Fsp3) is 0.294. The molecule has 2 aromatic heterocycles. The molecule has 0 aliphatic carbocycles. The molecule has 1 aliphatic rings. The molecule has 3 rings (SSSR count). The zero-order chi connectivity index (χ0) is 19.1. The summed E-state index contributed by atoms with van der Waals surface area (Å²) in [6, 6.07) is 3.76. The Morgan fingerprint density at radius 3 is 2.62 bits per heavy atom. The Hall–Kier alpha value is -2.65. The summed E-state index contributed by atoms with van der Waals surface area (Å²) in [7, 11) is -0.284. The van der Waals surface area contributed by atoms with Crippen LogP contribution >= 0.6 is 0 Å². The minimum atomic E-state index is -3.80. The number of nitrogens with zero attached hydrogens (tertiary/aromatic N) is 4. The maximum atomic E-state index is 13.0. The van der Waals surface area contributed by atoms with Gasteiger partial charge in [0.1, 0.15) is 6.17 Å². The van der Waals surface area contributed by atoms with Gasteiger partial charge in [-0.05, 0) is 30.7 Å². The highest BCUT2D eigenvalue weighted by Crippen LogP contribution is 2.23. The molecule has 26 heavy (non-hydrogen) atoms. The lowest BCUT2D eigenvalue weighted by atomic mass is 10.1. The highest BCUT2D eigenvalue weighted by molar-refractivity contribution is 7.93. The molecule has 2 aromatic rings. The minimum Gasteiger partial charge on any atom is -0.354 e. The van der Waals surface area contributed by atoms with E-state index < -0.39 is 16.2 Å². The van der Waals surface area contributed by atoms with Gasteiger partial charge in [0.2, 0.25) is 10.0 Å². The molecule has 0 saturated carbocycles. The predicted molar refractivity (Wildman–Crippen MR) is 98.6 cm³/mol. The van der Waals surface area contributed by atoms with Crippen molar-refractivity contribution in [3.05, 3.63) is 75.0 Å². The van der Waals surface area contributed by atoms with E-state index in [1.807, 2.05) is 26.1 Å². The number of hydrogen-bond donors (Lipinski definition) is 1. The number of hydrogen-bond acceptors (Lipinski definition) is 5. The number of likely N-dealkylation sites (N-methyl/N-ethyl adjacent to an activating group) is 1. The summed E-state index contributed by atoms with van der Waals surface area (Å²) < 4.78 is 26.4. The quantitative estimate of drug-likeness (QED) is 0.843. The van der Waals surface area contributed by atoms with Crippen LogP contribution in [0.4, 0.5) is 0 Å². The van der Waals surface area contributed by atoms with Gasteiger partial charge in [-0.2, -0.15) is 0 Å². The molecule has 0 spiro atoms. The smallest absolute Gasteiger partial charge is 0.272 e. The SMILES string of the molecule is Cc1c(Cc2cccnc2)c(=O)n(C2C=CC(S(N)(=O)=O)=CN2C)n1C. The van der Waals surface area contributed by atoms with E-state index in [4.69, 9.17) is 5.14 Å². The van der Waals surface area contributed by atoms with Crippen molar-refractivity contribution in [2.45, 2.75) is 19.5 Å². The highest BCUT2D eigenvalue weighted by Gasteiger charge is 2.25. The standard InChI is InChI=1S/C17H21N5O3S/c1-12-15(9-13-5-4-8-19-10-13)17(23)22(21(12)3)16-7-6-14(11-20(16)2)26(18,24)25/h4-8,10-11,16H,9H2,1-3H3,(H2,18,24,25). The molecule has 138 valence electrons. The van der Waals surface area contributed by atoms with Crippen LogP contribution in [0.2, 0.25) is 0 Å². The molecule has 1 unspecified atom stereocenters. The summed E-state index contributed by atoms with van der Waals surface area (Å²) in [5, 5.41) is 5.18. The van der Waals surface area contributed by atoms with Gasteiger partial charge in [-0.25, -0.2) is 18.2 Å². The van der Waals surface area contributed by atoms with E-state index in [9.17, 15) is 13.2 Å². The second-order valence-corrected chi connectivity index (χ2v) is 7.85. The number of allylic oxidation sites excluding steroid dienone is 1. The van der Waals surface area contributed by atoms with Gasteiger partial charge in [0.25, 0.3) is 5.56 Å². The summed E-state index contributed by atoms with van der Waals surface area (Å²) in [6.45, 7) is 1.89. The van der Waals surface area contributed by atoms with Crippen molar-refractivity contribution in [1.82, 2.24) is 19.2 Å². The molecule has 0 aromatic carbocycles. The fourth-order valence-electron chi connectivity index (χ4n) is 3.05. The summed E-state index contributed by atoms with van der Waals surface area (Å²) >= 11 is 0. The Labute approximate surface area is 151 Å². The van der Waals surface area contributed by atoms with Crippen LogP contribution in [0.5, 0.6) is 0 Å². The first kappa shape index (κ1) is 18.2. The first-order valence-electron chi connectivity index (χ1n) is 8.01. The average molecular weight is 375 g/mol. The maximum absolute atomic E-state index is 13.0. The lowest BCUT2D eigenvalue weighted by molar-refractivity contribution is 0.247. The van der Waals surface area contributed by atoms with E-state index in [0.29, 0.717) is 12.0 Å². The molecular weight excluding hydrogens is 354 g/mol. The monoisotopic (exact) mass is 375 g/mol. The first-order chi connectivity index (χ1) is 12.2. The van der Waals surface area contributed by atoms with Crippen molar-refractivity contribution < 1.29 is 8.42 Å². The van der Waals surface area contributed by atoms with Crippen LogP contribution < -0.4 is 10.7 Å². The molecule has 8 nitrogen and oxygen atoms in total. The summed E-state index contributed by atoms with van der Waals surface area (Å²) in [4.78, 5) is 18.8. The van der Waals surface area contributed by atoms with Crippen LogP contribution in [-0.2, 0) is 23.5 Å². The molecule has 0 fully saturated rings. The lowest BCUT2D eigenvalue weighted by Gasteiger charge is -2.29. The van der Waals surface area contributed by atoms with Gasteiger partial charge in [0.15, 0.2) is 0 Å². The van der Waals surface area contributed by atoms with Crippen molar-refractivity contribution in [3.63, 3.8) is 0 Å². The second kappa shape index (κ2) is 6.58. The van der Waals surface area contributed by atoms with Crippen LogP contribution in [0, 0.1) is 6.92 Å². The average Bonchev–Trinajstić information content (AvgIpc) is 2.79.